The van der Waals surface area contributed by atoms with Crippen molar-refractivity contribution in [2.24, 2.45) is 4.99 Å². The van der Waals surface area contributed by atoms with Crippen LogP contribution in [0.25, 0.3) is 0 Å². The Bertz CT molecular complexity index is 763. The minimum Gasteiger partial charge on any atom is -0.353 e. The van der Waals surface area contributed by atoms with Crippen molar-refractivity contribution in [2.75, 3.05) is 38.5 Å². The molecular formula is C18H19BrN4. The first-order chi connectivity index (χ1) is 11.2. The summed E-state index contributed by atoms with van der Waals surface area (Å²) in [6.07, 6.45) is 0. The van der Waals surface area contributed by atoms with Crippen LogP contribution in [-0.4, -0.2) is 48.9 Å². The number of hydrogen-bond donors (Lipinski definition) is 1. The molecule has 2 aromatic carbocycles. The van der Waals surface area contributed by atoms with E-state index in [2.05, 4.69) is 74.5 Å². The Balaban J connectivity index is 1.83. The average Bonchev–Trinajstić information content (AvgIpc) is 2.72. The van der Waals surface area contributed by atoms with Crippen molar-refractivity contribution >= 4 is 38.8 Å². The first-order valence-electron chi connectivity index (χ1n) is 7.89. The van der Waals surface area contributed by atoms with E-state index >= 15 is 0 Å². The second-order valence-electron chi connectivity index (χ2n) is 6.06. The van der Waals surface area contributed by atoms with Crippen molar-refractivity contribution in [2.45, 2.75) is 0 Å². The largest absolute Gasteiger partial charge is 0.353 e. The van der Waals surface area contributed by atoms with Gasteiger partial charge >= 0.3 is 0 Å². The number of anilines is 2. The summed E-state index contributed by atoms with van der Waals surface area (Å²) in [6, 6.07) is 14.6. The third kappa shape index (κ3) is 2.86. The van der Waals surface area contributed by atoms with Gasteiger partial charge in [0.15, 0.2) is 0 Å². The molecule has 0 radical (unpaired) electrons. The number of halogens is 1. The Kier molecular flexibility index (Phi) is 3.83. The summed E-state index contributed by atoms with van der Waals surface area (Å²) in [6.45, 7) is 4.15. The summed E-state index contributed by atoms with van der Waals surface area (Å²) in [4.78, 5) is 9.78. The van der Waals surface area contributed by atoms with Gasteiger partial charge in [0.2, 0.25) is 0 Å². The third-order valence-corrected chi connectivity index (χ3v) is 4.92. The second-order valence-corrected chi connectivity index (χ2v) is 6.97. The van der Waals surface area contributed by atoms with Crippen LogP contribution in [0.2, 0.25) is 0 Å². The lowest BCUT2D eigenvalue weighted by Crippen LogP contribution is -2.47. The molecule has 5 heteroatoms. The molecule has 23 heavy (non-hydrogen) atoms. The molecule has 2 heterocycles. The van der Waals surface area contributed by atoms with Crippen LogP contribution in [0, 0.1) is 0 Å². The molecule has 0 atom stereocenters. The molecule has 2 aliphatic heterocycles. The highest BCUT2D eigenvalue weighted by atomic mass is 79.9. The van der Waals surface area contributed by atoms with Crippen LogP contribution in [0.1, 0.15) is 5.56 Å². The van der Waals surface area contributed by atoms with Crippen LogP contribution in [0.5, 0.6) is 0 Å². The van der Waals surface area contributed by atoms with Gasteiger partial charge in [-0.3, -0.25) is 0 Å². The zero-order valence-corrected chi connectivity index (χ0v) is 14.7. The van der Waals surface area contributed by atoms with Crippen LogP contribution in [0.15, 0.2) is 51.9 Å². The Labute approximate surface area is 144 Å². The van der Waals surface area contributed by atoms with E-state index in [4.69, 9.17) is 4.99 Å². The van der Waals surface area contributed by atoms with E-state index in [1.54, 1.807) is 0 Å². The number of nitrogens with zero attached hydrogens (tertiary/aromatic N) is 3. The number of aliphatic imine (C=N–C) groups is 1. The Morgan fingerprint density at radius 2 is 1.78 bits per heavy atom. The third-order valence-electron chi connectivity index (χ3n) is 4.43. The molecule has 2 aliphatic rings. The number of likely N-dealkylation sites (N-methyl/N-ethyl adjacent to an activating group) is 1. The molecule has 0 amide bonds. The standard InChI is InChI=1S/C18H19BrN4/c1-22-8-10-23(11-9-22)18-14-4-2-3-5-15(14)20-16-7-6-13(19)12-17(16)21-18/h2-7,12,20H,8-11H2,1H3. The van der Waals surface area contributed by atoms with Gasteiger partial charge in [0.25, 0.3) is 0 Å². The van der Waals surface area contributed by atoms with E-state index in [1.807, 2.05) is 6.07 Å². The van der Waals surface area contributed by atoms with Gasteiger partial charge in [0, 0.05) is 41.9 Å². The van der Waals surface area contributed by atoms with Crippen molar-refractivity contribution in [3.05, 3.63) is 52.5 Å². The summed E-state index contributed by atoms with van der Waals surface area (Å²) in [7, 11) is 2.17. The lowest BCUT2D eigenvalue weighted by molar-refractivity contribution is 0.216. The first-order valence-corrected chi connectivity index (χ1v) is 8.68. The van der Waals surface area contributed by atoms with Gasteiger partial charge in [-0.1, -0.05) is 28.1 Å². The van der Waals surface area contributed by atoms with Crippen molar-refractivity contribution in [3.8, 4) is 0 Å². The van der Waals surface area contributed by atoms with Gasteiger partial charge in [-0.15, -0.1) is 0 Å². The average molecular weight is 371 g/mol. The SMILES string of the molecule is CN1CCN(C2=Nc3cc(Br)ccc3Nc3ccccc32)CC1. The maximum atomic E-state index is 5.02. The van der Waals surface area contributed by atoms with Gasteiger partial charge in [0.05, 0.1) is 11.4 Å². The highest BCUT2D eigenvalue weighted by Crippen LogP contribution is 2.36. The molecule has 0 bridgehead atoms. The topological polar surface area (TPSA) is 30.9 Å². The van der Waals surface area contributed by atoms with Crippen molar-refractivity contribution in [1.29, 1.82) is 0 Å². The van der Waals surface area contributed by atoms with Crippen LogP contribution in [0.3, 0.4) is 0 Å². The number of fused-ring (bicyclic) bond motifs is 2. The van der Waals surface area contributed by atoms with Gasteiger partial charge in [-0.05, 0) is 37.4 Å². The van der Waals surface area contributed by atoms with Crippen molar-refractivity contribution in [1.82, 2.24) is 9.80 Å². The summed E-state index contributed by atoms with van der Waals surface area (Å²) >= 11 is 3.56. The highest BCUT2D eigenvalue weighted by Gasteiger charge is 2.23. The fraction of sp³-hybridized carbons (Fsp3) is 0.278. The van der Waals surface area contributed by atoms with E-state index in [0.29, 0.717) is 0 Å². The summed E-state index contributed by atoms with van der Waals surface area (Å²) in [5, 5.41) is 3.54. The molecule has 1 saturated heterocycles. The van der Waals surface area contributed by atoms with Crippen LogP contribution < -0.4 is 5.32 Å². The van der Waals surface area contributed by atoms with E-state index in [0.717, 1.165) is 53.5 Å². The molecule has 4 nitrogen and oxygen atoms in total. The monoisotopic (exact) mass is 370 g/mol. The smallest absolute Gasteiger partial charge is 0.138 e. The number of piperazine rings is 1. The molecule has 0 aromatic heterocycles. The van der Waals surface area contributed by atoms with E-state index in [-0.39, 0.29) is 0 Å². The maximum absolute atomic E-state index is 5.02. The van der Waals surface area contributed by atoms with Gasteiger partial charge in [-0.2, -0.15) is 0 Å². The fourth-order valence-electron chi connectivity index (χ4n) is 3.07. The lowest BCUT2D eigenvalue weighted by Gasteiger charge is -2.34. The Morgan fingerprint density at radius 1 is 1.00 bits per heavy atom. The number of nitrogens with one attached hydrogen (secondary N) is 1. The number of para-hydroxylation sites is 1. The predicted molar refractivity (Wildman–Crippen MR) is 99.1 cm³/mol. The molecule has 2 aromatic rings. The normalized spacial score (nSPS) is 17.7. The number of benzene rings is 2. The Hall–Kier alpha value is -1.85. The number of amidine groups is 1. The van der Waals surface area contributed by atoms with E-state index in [1.165, 1.54) is 5.56 Å². The number of rotatable bonds is 0. The zero-order chi connectivity index (χ0) is 15.8. The molecule has 1 fully saturated rings. The molecule has 0 spiro atoms. The first kappa shape index (κ1) is 14.7. The fourth-order valence-corrected chi connectivity index (χ4v) is 3.42. The van der Waals surface area contributed by atoms with Crippen LogP contribution in [0.4, 0.5) is 17.1 Å². The van der Waals surface area contributed by atoms with Crippen LogP contribution >= 0.6 is 15.9 Å². The maximum Gasteiger partial charge on any atom is 0.138 e. The van der Waals surface area contributed by atoms with Gasteiger partial charge in [-0.25, -0.2) is 4.99 Å². The predicted octanol–water partition coefficient (Wildman–Crippen LogP) is 3.83. The molecule has 118 valence electrons. The zero-order valence-electron chi connectivity index (χ0n) is 13.1. The quantitative estimate of drug-likeness (QED) is 0.764. The number of hydrogen-bond acceptors (Lipinski definition) is 4. The summed E-state index contributed by atoms with van der Waals surface area (Å²) in [5.74, 6) is 1.07. The van der Waals surface area contributed by atoms with Gasteiger partial charge in [0.1, 0.15) is 5.84 Å². The van der Waals surface area contributed by atoms with Crippen molar-refractivity contribution < 1.29 is 0 Å². The lowest BCUT2D eigenvalue weighted by atomic mass is 10.1. The summed E-state index contributed by atoms with van der Waals surface area (Å²) < 4.78 is 1.05. The molecule has 4 rings (SSSR count). The highest BCUT2D eigenvalue weighted by molar-refractivity contribution is 9.10. The molecule has 0 unspecified atom stereocenters. The van der Waals surface area contributed by atoms with E-state index in [9.17, 15) is 0 Å². The molecule has 0 saturated carbocycles. The van der Waals surface area contributed by atoms with Crippen molar-refractivity contribution in [3.63, 3.8) is 0 Å². The second kappa shape index (κ2) is 5.98. The summed E-state index contributed by atoms with van der Waals surface area (Å²) in [5.41, 5.74) is 4.31. The molecule has 1 N–H and O–H groups in total. The molecule has 0 aliphatic carbocycles. The van der Waals surface area contributed by atoms with E-state index < -0.39 is 0 Å². The molecular weight excluding hydrogens is 352 g/mol. The van der Waals surface area contributed by atoms with Crippen LogP contribution in [-0.2, 0) is 0 Å². The Morgan fingerprint density at radius 3 is 2.61 bits per heavy atom. The minimum absolute atomic E-state index is 0.976. The minimum atomic E-state index is 0.976. The van der Waals surface area contributed by atoms with Gasteiger partial charge < -0.3 is 15.1 Å².